The van der Waals surface area contributed by atoms with Crippen LogP contribution in [0.3, 0.4) is 0 Å². The molecule has 3 atom stereocenters. The van der Waals surface area contributed by atoms with Crippen LogP contribution in [0.4, 0.5) is 5.13 Å². The van der Waals surface area contributed by atoms with Crippen LogP contribution in [0, 0.1) is 19.8 Å². The molecule has 1 saturated heterocycles. The molecule has 2 aliphatic heterocycles. The summed E-state index contributed by atoms with van der Waals surface area (Å²) in [6, 6.07) is 4.82. The number of amides is 1. The van der Waals surface area contributed by atoms with Crippen molar-refractivity contribution in [3.05, 3.63) is 62.8 Å². The van der Waals surface area contributed by atoms with Gasteiger partial charge in [0, 0.05) is 66.9 Å². The molecule has 1 N–H and O–H groups in total. The van der Waals surface area contributed by atoms with Crippen molar-refractivity contribution in [1.82, 2.24) is 24.6 Å². The summed E-state index contributed by atoms with van der Waals surface area (Å²) in [4.78, 5) is 34.5. The predicted molar refractivity (Wildman–Crippen MR) is 119 cm³/mol. The van der Waals surface area contributed by atoms with E-state index < -0.39 is 6.04 Å². The summed E-state index contributed by atoms with van der Waals surface area (Å²) in [5.41, 5.74) is 2.82. The predicted octanol–water partition coefficient (Wildman–Crippen LogP) is 2.14. The first-order valence-electron chi connectivity index (χ1n) is 10.6. The first-order chi connectivity index (χ1) is 14.9. The van der Waals surface area contributed by atoms with Gasteiger partial charge in [0.15, 0.2) is 5.13 Å². The number of hydrogen-bond acceptors (Lipinski definition) is 6. The van der Waals surface area contributed by atoms with Crippen LogP contribution < -0.4 is 15.8 Å². The van der Waals surface area contributed by atoms with E-state index in [2.05, 4.69) is 22.2 Å². The fraction of sp³-hybridized carbons (Fsp3) is 0.455. The summed E-state index contributed by atoms with van der Waals surface area (Å²) < 4.78 is 3.44. The molecule has 0 unspecified atom stereocenters. The molecule has 9 heteroatoms. The number of pyridine rings is 1. The number of anilines is 1. The number of hydrogen-bond donors (Lipinski definition) is 1. The largest absolute Gasteiger partial charge is 0.350 e. The Balaban J connectivity index is 1.47. The number of aryl methyl sites for hydroxylation is 3. The maximum atomic E-state index is 13.4. The van der Waals surface area contributed by atoms with Crippen molar-refractivity contribution >= 4 is 22.4 Å². The Hall–Kier alpha value is -2.94. The molecule has 0 saturated carbocycles. The molecular weight excluding hydrogens is 412 g/mol. The third kappa shape index (κ3) is 3.56. The summed E-state index contributed by atoms with van der Waals surface area (Å²) in [7, 11) is 1.85. The number of nitrogens with one attached hydrogen (secondary N) is 1. The minimum absolute atomic E-state index is 0.0461. The third-order valence-corrected chi connectivity index (χ3v) is 7.56. The summed E-state index contributed by atoms with van der Waals surface area (Å²) in [5.74, 6) is 0.138. The molecule has 0 spiro atoms. The summed E-state index contributed by atoms with van der Waals surface area (Å²) in [6.07, 6.45) is 4.52. The highest BCUT2D eigenvalue weighted by atomic mass is 32.1. The molecule has 0 radical (unpaired) electrons. The van der Waals surface area contributed by atoms with E-state index in [1.807, 2.05) is 26.2 Å². The van der Waals surface area contributed by atoms with E-state index >= 15 is 0 Å². The Morgan fingerprint density at radius 1 is 1.29 bits per heavy atom. The molecule has 0 aromatic carbocycles. The Bertz CT molecular complexity index is 1180. The standard InChI is InChI=1S/C22H26N6O2S/c1-13-14(2)31-22(25-13)27-11-16-7-17(12-27)20(28-18(16)5-4-6-19(28)29)21(30)23-8-15-9-24-26(3)10-15/h4-6,9-10,16-17,20H,7-8,11-12H2,1-3H3,(H,23,30)/t16-,17+,20+/m0/s1. The van der Waals surface area contributed by atoms with E-state index in [-0.39, 0.29) is 23.3 Å². The number of carbonyl (C=O) groups excluding carboxylic acids is 1. The van der Waals surface area contributed by atoms with Gasteiger partial charge in [0.1, 0.15) is 6.04 Å². The Labute approximate surface area is 184 Å². The molecule has 3 aromatic rings. The normalized spacial score (nSPS) is 22.3. The topological polar surface area (TPSA) is 85.1 Å². The van der Waals surface area contributed by atoms with Gasteiger partial charge >= 0.3 is 0 Å². The van der Waals surface area contributed by atoms with Crippen LogP contribution in [0.1, 0.15) is 40.2 Å². The summed E-state index contributed by atoms with van der Waals surface area (Å²) >= 11 is 1.70. The molecular formula is C22H26N6O2S. The molecule has 1 fully saturated rings. The highest BCUT2D eigenvalue weighted by molar-refractivity contribution is 7.15. The second-order valence-electron chi connectivity index (χ2n) is 8.58. The number of fused-ring (bicyclic) bond motifs is 4. The van der Waals surface area contributed by atoms with Crippen LogP contribution in [0.25, 0.3) is 0 Å². The van der Waals surface area contributed by atoms with Crippen LogP contribution in [0.5, 0.6) is 0 Å². The van der Waals surface area contributed by atoms with Gasteiger partial charge in [-0.15, -0.1) is 11.3 Å². The van der Waals surface area contributed by atoms with Crippen molar-refractivity contribution in [3.8, 4) is 0 Å². The zero-order chi connectivity index (χ0) is 21.7. The number of carbonyl (C=O) groups is 1. The van der Waals surface area contributed by atoms with E-state index in [1.54, 1.807) is 38.9 Å². The SMILES string of the molecule is Cc1nc(N2C[C@@H]3C[C@H](C2)[C@H](C(=O)NCc2cnn(C)c2)n2c3cccc2=O)sc1C. The smallest absolute Gasteiger partial charge is 0.251 e. The minimum atomic E-state index is -0.526. The molecule has 5 rings (SSSR count). The van der Waals surface area contributed by atoms with Crippen molar-refractivity contribution in [1.29, 1.82) is 0 Å². The van der Waals surface area contributed by atoms with Crippen LogP contribution in [0.2, 0.25) is 0 Å². The van der Waals surface area contributed by atoms with Crippen molar-refractivity contribution < 1.29 is 4.79 Å². The Morgan fingerprint density at radius 3 is 2.84 bits per heavy atom. The van der Waals surface area contributed by atoms with E-state index in [4.69, 9.17) is 4.98 Å². The lowest BCUT2D eigenvalue weighted by Gasteiger charge is -2.46. The molecule has 2 bridgehead atoms. The van der Waals surface area contributed by atoms with E-state index in [9.17, 15) is 9.59 Å². The zero-order valence-electron chi connectivity index (χ0n) is 17.9. The van der Waals surface area contributed by atoms with Crippen LogP contribution in [0.15, 0.2) is 35.4 Å². The number of nitrogens with zero attached hydrogens (tertiary/aromatic N) is 5. The lowest BCUT2D eigenvalue weighted by Crippen LogP contribution is -2.53. The van der Waals surface area contributed by atoms with E-state index in [0.717, 1.165) is 35.0 Å². The molecule has 31 heavy (non-hydrogen) atoms. The van der Waals surface area contributed by atoms with E-state index in [0.29, 0.717) is 13.1 Å². The van der Waals surface area contributed by atoms with Gasteiger partial charge in [0.2, 0.25) is 5.91 Å². The van der Waals surface area contributed by atoms with Crippen LogP contribution in [-0.2, 0) is 18.4 Å². The van der Waals surface area contributed by atoms with Gasteiger partial charge in [-0.1, -0.05) is 6.07 Å². The lowest BCUT2D eigenvalue weighted by molar-refractivity contribution is -0.127. The number of rotatable bonds is 4. The monoisotopic (exact) mass is 438 g/mol. The quantitative estimate of drug-likeness (QED) is 0.675. The maximum absolute atomic E-state index is 13.4. The van der Waals surface area contributed by atoms with Gasteiger partial charge < -0.3 is 10.2 Å². The van der Waals surface area contributed by atoms with Crippen LogP contribution >= 0.6 is 11.3 Å². The minimum Gasteiger partial charge on any atom is -0.350 e. The highest BCUT2D eigenvalue weighted by Crippen LogP contribution is 2.43. The van der Waals surface area contributed by atoms with Crippen molar-refractivity contribution in [2.75, 3.05) is 18.0 Å². The second-order valence-corrected chi connectivity index (χ2v) is 9.76. The second kappa shape index (κ2) is 7.64. The number of piperidine rings is 1. The van der Waals surface area contributed by atoms with Gasteiger partial charge in [0.25, 0.3) is 5.56 Å². The molecule has 1 amide bonds. The van der Waals surface area contributed by atoms with Crippen molar-refractivity contribution in [2.45, 2.75) is 38.8 Å². The molecule has 3 aromatic heterocycles. The number of thiazole rings is 1. The fourth-order valence-electron chi connectivity index (χ4n) is 4.87. The molecule has 0 aliphatic carbocycles. The molecule has 2 aliphatic rings. The Kier molecular flexibility index (Phi) is 4.92. The number of aromatic nitrogens is 4. The van der Waals surface area contributed by atoms with E-state index in [1.165, 1.54) is 4.88 Å². The van der Waals surface area contributed by atoms with Gasteiger partial charge in [-0.3, -0.25) is 18.8 Å². The molecule has 8 nitrogen and oxygen atoms in total. The average Bonchev–Trinajstić information content (AvgIpc) is 3.32. The van der Waals surface area contributed by atoms with Gasteiger partial charge in [-0.25, -0.2) is 4.98 Å². The van der Waals surface area contributed by atoms with Crippen molar-refractivity contribution in [3.63, 3.8) is 0 Å². The maximum Gasteiger partial charge on any atom is 0.251 e. The first-order valence-corrected chi connectivity index (χ1v) is 11.4. The molecule has 162 valence electrons. The molecule has 5 heterocycles. The average molecular weight is 439 g/mol. The van der Waals surface area contributed by atoms with Gasteiger partial charge in [0.05, 0.1) is 11.9 Å². The Morgan fingerprint density at radius 2 is 2.13 bits per heavy atom. The highest BCUT2D eigenvalue weighted by Gasteiger charge is 2.44. The third-order valence-electron chi connectivity index (χ3n) is 6.43. The zero-order valence-corrected chi connectivity index (χ0v) is 18.7. The van der Waals surface area contributed by atoms with Crippen molar-refractivity contribution in [2.24, 2.45) is 13.0 Å². The first kappa shape index (κ1) is 20.0. The summed E-state index contributed by atoms with van der Waals surface area (Å²) in [5, 5.41) is 8.20. The summed E-state index contributed by atoms with van der Waals surface area (Å²) in [6.45, 7) is 6.05. The van der Waals surface area contributed by atoms with Gasteiger partial charge in [-0.2, -0.15) is 5.10 Å². The lowest BCUT2D eigenvalue weighted by atomic mass is 9.78. The fourth-order valence-corrected chi connectivity index (χ4v) is 5.80. The van der Waals surface area contributed by atoms with Gasteiger partial charge in [-0.05, 0) is 26.3 Å². The van der Waals surface area contributed by atoms with Crippen LogP contribution in [-0.4, -0.2) is 38.3 Å².